The molecule has 69 valence electrons. The van der Waals surface area contributed by atoms with Gasteiger partial charge in [-0.25, -0.2) is 5.32 Å². The second-order valence-corrected chi connectivity index (χ2v) is 3.53. The number of primary amides is 1. The van der Waals surface area contributed by atoms with Crippen LogP contribution >= 0.6 is 0 Å². The van der Waals surface area contributed by atoms with Gasteiger partial charge in [0.15, 0.2) is 0 Å². The Kier molecular flexibility index (Phi) is 3.05. The van der Waals surface area contributed by atoms with Gasteiger partial charge in [0, 0.05) is 25.7 Å². The maximum absolute atomic E-state index is 10.9. The van der Waals surface area contributed by atoms with Crippen LogP contribution in [0, 0.1) is 5.92 Å². The SMILES string of the molecule is CC1CN(C)CC(C(N)=O)C[N]1. The van der Waals surface area contributed by atoms with Gasteiger partial charge in [-0.1, -0.05) is 0 Å². The Morgan fingerprint density at radius 3 is 2.83 bits per heavy atom. The highest BCUT2D eigenvalue weighted by atomic mass is 16.1. The average Bonchev–Trinajstić information content (AvgIpc) is 2.11. The van der Waals surface area contributed by atoms with Gasteiger partial charge in [-0.3, -0.25) is 4.79 Å². The van der Waals surface area contributed by atoms with Crippen molar-refractivity contribution in [2.45, 2.75) is 13.0 Å². The largest absolute Gasteiger partial charge is 0.369 e. The third-order valence-electron chi connectivity index (χ3n) is 2.15. The van der Waals surface area contributed by atoms with Gasteiger partial charge in [0.2, 0.25) is 5.91 Å². The van der Waals surface area contributed by atoms with Gasteiger partial charge < -0.3 is 10.6 Å². The number of hydrogen-bond acceptors (Lipinski definition) is 2. The molecule has 1 aliphatic rings. The fourth-order valence-corrected chi connectivity index (χ4v) is 1.50. The van der Waals surface area contributed by atoms with Crippen LogP contribution in [0.2, 0.25) is 0 Å². The van der Waals surface area contributed by atoms with E-state index in [0.717, 1.165) is 13.1 Å². The fraction of sp³-hybridized carbons (Fsp3) is 0.875. The molecule has 1 rings (SSSR count). The second-order valence-electron chi connectivity index (χ2n) is 3.53. The molecule has 0 aliphatic carbocycles. The molecule has 1 saturated heterocycles. The van der Waals surface area contributed by atoms with Gasteiger partial charge in [0.25, 0.3) is 0 Å². The summed E-state index contributed by atoms with van der Waals surface area (Å²) in [6.07, 6.45) is 0. The molecule has 1 amide bonds. The van der Waals surface area contributed by atoms with Crippen LogP contribution in [-0.4, -0.2) is 43.5 Å². The van der Waals surface area contributed by atoms with E-state index in [0.29, 0.717) is 12.6 Å². The van der Waals surface area contributed by atoms with E-state index in [1.807, 2.05) is 7.05 Å². The van der Waals surface area contributed by atoms with Crippen molar-refractivity contribution in [2.75, 3.05) is 26.7 Å². The van der Waals surface area contributed by atoms with Crippen LogP contribution in [0.1, 0.15) is 6.92 Å². The summed E-state index contributed by atoms with van der Waals surface area (Å²) in [5.74, 6) is -0.334. The van der Waals surface area contributed by atoms with Crippen LogP contribution in [0.25, 0.3) is 0 Å². The van der Waals surface area contributed by atoms with Crippen molar-refractivity contribution in [1.82, 2.24) is 10.2 Å². The summed E-state index contributed by atoms with van der Waals surface area (Å²) in [5, 5.41) is 4.33. The van der Waals surface area contributed by atoms with E-state index < -0.39 is 0 Å². The lowest BCUT2D eigenvalue weighted by Gasteiger charge is -2.17. The summed E-state index contributed by atoms with van der Waals surface area (Å²) in [7, 11) is 1.99. The molecule has 0 aromatic rings. The number of amides is 1. The number of carbonyl (C=O) groups is 1. The topological polar surface area (TPSA) is 60.4 Å². The molecule has 0 spiro atoms. The van der Waals surface area contributed by atoms with Crippen LogP contribution in [0.4, 0.5) is 0 Å². The minimum Gasteiger partial charge on any atom is -0.369 e. The Hall–Kier alpha value is -0.610. The van der Waals surface area contributed by atoms with Crippen LogP contribution in [0.15, 0.2) is 0 Å². The van der Waals surface area contributed by atoms with E-state index in [2.05, 4.69) is 17.1 Å². The zero-order valence-electron chi connectivity index (χ0n) is 7.66. The molecular formula is C8H16N3O. The van der Waals surface area contributed by atoms with Crippen molar-refractivity contribution >= 4 is 5.91 Å². The highest BCUT2D eigenvalue weighted by molar-refractivity contribution is 5.77. The molecule has 4 nitrogen and oxygen atoms in total. The normalized spacial score (nSPS) is 32.8. The summed E-state index contributed by atoms with van der Waals surface area (Å²) >= 11 is 0. The molecule has 2 N–H and O–H groups in total. The van der Waals surface area contributed by atoms with Gasteiger partial charge >= 0.3 is 0 Å². The number of rotatable bonds is 1. The van der Waals surface area contributed by atoms with Crippen molar-refractivity contribution in [3.05, 3.63) is 0 Å². The van der Waals surface area contributed by atoms with E-state index in [-0.39, 0.29) is 11.8 Å². The van der Waals surface area contributed by atoms with E-state index in [1.165, 1.54) is 0 Å². The Bertz CT molecular complexity index is 172. The second kappa shape index (κ2) is 3.87. The molecule has 2 unspecified atom stereocenters. The van der Waals surface area contributed by atoms with E-state index in [9.17, 15) is 4.79 Å². The molecular weight excluding hydrogens is 154 g/mol. The maximum atomic E-state index is 10.9. The molecule has 1 aliphatic heterocycles. The first-order chi connectivity index (χ1) is 5.59. The van der Waals surface area contributed by atoms with Gasteiger partial charge in [-0.05, 0) is 14.0 Å². The van der Waals surface area contributed by atoms with E-state index in [1.54, 1.807) is 0 Å². The molecule has 1 heterocycles. The zero-order valence-corrected chi connectivity index (χ0v) is 7.66. The number of nitrogens with two attached hydrogens (primary N) is 1. The third-order valence-corrected chi connectivity index (χ3v) is 2.15. The molecule has 0 aromatic heterocycles. The first-order valence-electron chi connectivity index (χ1n) is 4.24. The molecule has 0 aromatic carbocycles. The predicted octanol–water partition coefficient (Wildman–Crippen LogP) is -0.974. The van der Waals surface area contributed by atoms with E-state index >= 15 is 0 Å². The minimum absolute atomic E-state index is 0.0973. The first-order valence-corrected chi connectivity index (χ1v) is 4.24. The van der Waals surface area contributed by atoms with Crippen LogP contribution in [-0.2, 0) is 4.79 Å². The lowest BCUT2D eigenvalue weighted by molar-refractivity contribution is -0.121. The third kappa shape index (κ3) is 2.46. The molecule has 1 radical (unpaired) electrons. The molecule has 12 heavy (non-hydrogen) atoms. The number of likely N-dealkylation sites (N-methyl/N-ethyl adjacent to an activating group) is 1. The smallest absolute Gasteiger partial charge is 0.223 e. The Morgan fingerprint density at radius 1 is 1.58 bits per heavy atom. The van der Waals surface area contributed by atoms with Gasteiger partial charge in [-0.2, -0.15) is 0 Å². The Labute approximate surface area is 73.1 Å². The lowest BCUT2D eigenvalue weighted by atomic mass is 10.1. The zero-order chi connectivity index (χ0) is 9.14. The lowest BCUT2D eigenvalue weighted by Crippen LogP contribution is -2.35. The molecule has 4 heteroatoms. The number of carbonyl (C=O) groups excluding carboxylic acids is 1. The quantitative estimate of drug-likeness (QED) is 0.550. The summed E-state index contributed by atoms with van der Waals surface area (Å²) < 4.78 is 0. The summed E-state index contributed by atoms with van der Waals surface area (Å²) in [6, 6.07) is 0.319. The summed E-state index contributed by atoms with van der Waals surface area (Å²) in [4.78, 5) is 13.0. The van der Waals surface area contributed by atoms with Crippen molar-refractivity contribution in [1.29, 1.82) is 0 Å². The molecule has 0 saturated carbocycles. The average molecular weight is 170 g/mol. The summed E-state index contributed by atoms with van der Waals surface area (Å²) in [6.45, 7) is 4.30. The number of hydrogen-bond donors (Lipinski definition) is 1. The standard InChI is InChI=1S/C8H16N3O/c1-6-4-11(2)5-7(3-10-6)8(9)12/h6-7H,3-5H2,1-2H3,(H2,9,12). The van der Waals surface area contributed by atoms with Gasteiger partial charge in [-0.15, -0.1) is 0 Å². The van der Waals surface area contributed by atoms with Crippen LogP contribution in [0.5, 0.6) is 0 Å². The molecule has 2 atom stereocenters. The van der Waals surface area contributed by atoms with Crippen molar-refractivity contribution in [2.24, 2.45) is 11.7 Å². The monoisotopic (exact) mass is 170 g/mol. The first kappa shape index (κ1) is 9.48. The Morgan fingerprint density at radius 2 is 2.25 bits per heavy atom. The highest BCUT2D eigenvalue weighted by Gasteiger charge is 2.23. The predicted molar refractivity (Wildman–Crippen MR) is 46.6 cm³/mol. The van der Waals surface area contributed by atoms with Crippen LogP contribution < -0.4 is 11.1 Å². The van der Waals surface area contributed by atoms with Gasteiger partial charge in [0.05, 0.1) is 5.92 Å². The van der Waals surface area contributed by atoms with Crippen molar-refractivity contribution < 1.29 is 4.79 Å². The van der Waals surface area contributed by atoms with Crippen molar-refractivity contribution in [3.8, 4) is 0 Å². The van der Waals surface area contributed by atoms with Gasteiger partial charge in [0.1, 0.15) is 0 Å². The summed E-state index contributed by atoms with van der Waals surface area (Å²) in [5.41, 5.74) is 5.22. The van der Waals surface area contributed by atoms with Crippen molar-refractivity contribution in [3.63, 3.8) is 0 Å². The maximum Gasteiger partial charge on any atom is 0.223 e. The number of nitrogens with zero attached hydrogens (tertiary/aromatic N) is 2. The minimum atomic E-state index is -0.236. The molecule has 1 fully saturated rings. The fourth-order valence-electron chi connectivity index (χ4n) is 1.50. The van der Waals surface area contributed by atoms with E-state index in [4.69, 9.17) is 5.73 Å². The molecule has 0 bridgehead atoms. The van der Waals surface area contributed by atoms with Crippen LogP contribution in [0.3, 0.4) is 0 Å². The Balaban J connectivity index is 2.52. The highest BCUT2D eigenvalue weighted by Crippen LogP contribution is 2.04.